The first-order chi connectivity index (χ1) is 16.7. The van der Waals surface area contributed by atoms with E-state index in [-0.39, 0.29) is 28.8 Å². The molecular formula is C23H20F3N5O4. The predicted octanol–water partition coefficient (Wildman–Crippen LogP) is 4.64. The Labute approximate surface area is 197 Å². The standard InChI is InChI=1S/C23H20F3N5O4/c1-13(32)28-16-5-4-15(23(24,25)26)11-17(16)29-20(33)14-6-8-31(9-7-14)22-18(12-27)30-21(35-22)19-3-2-10-34-19/h2-5,10-11,14H,6-9H2,1H3,(H,28,32)(H,29,33). The summed E-state index contributed by atoms with van der Waals surface area (Å²) in [5, 5.41) is 14.4. The fourth-order valence-electron chi connectivity index (χ4n) is 3.81. The average Bonchev–Trinajstić information content (AvgIpc) is 3.49. The van der Waals surface area contributed by atoms with E-state index in [4.69, 9.17) is 8.83 Å². The number of oxazole rings is 1. The zero-order valence-electron chi connectivity index (χ0n) is 18.5. The maximum Gasteiger partial charge on any atom is 0.416 e. The molecule has 4 rings (SSSR count). The normalized spacial score (nSPS) is 14.4. The third-order valence-electron chi connectivity index (χ3n) is 5.52. The summed E-state index contributed by atoms with van der Waals surface area (Å²) in [6.45, 7) is 1.94. The quantitative estimate of drug-likeness (QED) is 0.537. The summed E-state index contributed by atoms with van der Waals surface area (Å²) in [6, 6.07) is 8.03. The zero-order chi connectivity index (χ0) is 25.2. The molecule has 2 amide bonds. The van der Waals surface area contributed by atoms with Crippen LogP contribution in [-0.4, -0.2) is 29.9 Å². The van der Waals surface area contributed by atoms with Gasteiger partial charge in [-0.3, -0.25) is 9.59 Å². The second-order valence-electron chi connectivity index (χ2n) is 7.95. The molecule has 3 aromatic rings. The van der Waals surface area contributed by atoms with E-state index in [9.17, 15) is 28.0 Å². The molecule has 2 N–H and O–H groups in total. The lowest BCUT2D eigenvalue weighted by Gasteiger charge is -2.31. The predicted molar refractivity (Wildman–Crippen MR) is 118 cm³/mol. The molecule has 1 aromatic carbocycles. The molecule has 0 aliphatic carbocycles. The van der Waals surface area contributed by atoms with Crippen molar-refractivity contribution in [3.05, 3.63) is 47.9 Å². The van der Waals surface area contributed by atoms with E-state index in [0.717, 1.165) is 18.2 Å². The third-order valence-corrected chi connectivity index (χ3v) is 5.52. The van der Waals surface area contributed by atoms with Gasteiger partial charge in [-0.05, 0) is 43.2 Å². The van der Waals surface area contributed by atoms with Crippen LogP contribution < -0.4 is 15.5 Å². The fraction of sp³-hybridized carbons (Fsp3) is 0.304. The molecule has 35 heavy (non-hydrogen) atoms. The Hall–Kier alpha value is -4.27. The second-order valence-corrected chi connectivity index (χ2v) is 7.95. The number of nitrogens with one attached hydrogen (secondary N) is 2. The topological polar surface area (TPSA) is 124 Å². The first-order valence-electron chi connectivity index (χ1n) is 10.6. The van der Waals surface area contributed by atoms with Crippen LogP contribution in [0.3, 0.4) is 0 Å². The first kappa shape index (κ1) is 23.9. The van der Waals surface area contributed by atoms with E-state index < -0.39 is 29.5 Å². The summed E-state index contributed by atoms with van der Waals surface area (Å²) >= 11 is 0. The molecule has 3 heterocycles. The Bertz CT molecular complexity index is 1270. The van der Waals surface area contributed by atoms with Gasteiger partial charge in [0.1, 0.15) is 6.07 Å². The van der Waals surface area contributed by atoms with Crippen LogP contribution in [0.1, 0.15) is 31.0 Å². The van der Waals surface area contributed by atoms with Crippen molar-refractivity contribution in [3.8, 4) is 17.7 Å². The minimum absolute atomic E-state index is 0.0714. The van der Waals surface area contributed by atoms with Gasteiger partial charge in [0.2, 0.25) is 23.4 Å². The van der Waals surface area contributed by atoms with Gasteiger partial charge in [-0.1, -0.05) is 0 Å². The Morgan fingerprint density at radius 1 is 1.17 bits per heavy atom. The van der Waals surface area contributed by atoms with Crippen molar-refractivity contribution in [1.82, 2.24) is 4.98 Å². The summed E-state index contributed by atoms with van der Waals surface area (Å²) in [4.78, 5) is 30.2. The van der Waals surface area contributed by atoms with Crippen LogP contribution in [0, 0.1) is 17.2 Å². The Morgan fingerprint density at radius 2 is 1.91 bits per heavy atom. The SMILES string of the molecule is CC(=O)Nc1ccc(C(F)(F)F)cc1NC(=O)C1CCN(c2oc(-c3ccco3)nc2C#N)CC1. The number of nitrogens with zero attached hydrogens (tertiary/aromatic N) is 3. The monoisotopic (exact) mass is 487 g/mol. The molecule has 0 radical (unpaired) electrons. The van der Waals surface area contributed by atoms with Gasteiger partial charge >= 0.3 is 6.18 Å². The highest BCUT2D eigenvalue weighted by Gasteiger charge is 2.33. The number of carbonyl (C=O) groups is 2. The number of hydrogen-bond acceptors (Lipinski definition) is 7. The van der Waals surface area contributed by atoms with Gasteiger partial charge in [0.25, 0.3) is 5.89 Å². The van der Waals surface area contributed by atoms with Crippen LogP contribution in [-0.2, 0) is 15.8 Å². The number of nitriles is 1. The number of hydrogen-bond donors (Lipinski definition) is 2. The van der Waals surface area contributed by atoms with Gasteiger partial charge in [-0.15, -0.1) is 0 Å². The molecule has 0 saturated carbocycles. The van der Waals surface area contributed by atoms with Crippen LogP contribution in [0.4, 0.5) is 30.4 Å². The third kappa shape index (κ3) is 5.29. The minimum atomic E-state index is -4.61. The Kier molecular flexibility index (Phi) is 6.50. The second kappa shape index (κ2) is 9.54. The molecule has 0 bridgehead atoms. The van der Waals surface area contributed by atoms with Crippen molar-refractivity contribution < 1.29 is 31.6 Å². The van der Waals surface area contributed by atoms with E-state index >= 15 is 0 Å². The molecule has 1 fully saturated rings. The summed E-state index contributed by atoms with van der Waals surface area (Å²) in [5.41, 5.74) is -0.920. The first-order valence-corrected chi connectivity index (χ1v) is 10.6. The van der Waals surface area contributed by atoms with E-state index in [2.05, 4.69) is 15.6 Å². The van der Waals surface area contributed by atoms with Crippen molar-refractivity contribution in [2.45, 2.75) is 25.9 Å². The molecule has 0 atom stereocenters. The zero-order valence-corrected chi connectivity index (χ0v) is 18.5. The lowest BCUT2D eigenvalue weighted by Crippen LogP contribution is -2.38. The van der Waals surface area contributed by atoms with Crippen molar-refractivity contribution in [2.75, 3.05) is 28.6 Å². The highest BCUT2D eigenvalue weighted by molar-refractivity contribution is 6.00. The number of alkyl halides is 3. The van der Waals surface area contributed by atoms with Crippen molar-refractivity contribution in [3.63, 3.8) is 0 Å². The number of furan rings is 1. The molecule has 1 aliphatic rings. The van der Waals surface area contributed by atoms with E-state index in [1.165, 1.54) is 13.2 Å². The van der Waals surface area contributed by atoms with Crippen LogP contribution in [0.5, 0.6) is 0 Å². The number of anilines is 3. The molecule has 1 saturated heterocycles. The Balaban J connectivity index is 1.46. The van der Waals surface area contributed by atoms with Crippen molar-refractivity contribution in [2.24, 2.45) is 5.92 Å². The number of carbonyl (C=O) groups excluding carboxylic acids is 2. The van der Waals surface area contributed by atoms with E-state index in [1.54, 1.807) is 17.0 Å². The summed E-state index contributed by atoms with van der Waals surface area (Å²) in [6.07, 6.45) is -2.43. The van der Waals surface area contributed by atoms with E-state index in [1.807, 2.05) is 6.07 Å². The van der Waals surface area contributed by atoms with Crippen molar-refractivity contribution in [1.29, 1.82) is 5.26 Å². The largest absolute Gasteiger partial charge is 0.459 e. The molecule has 9 nitrogen and oxygen atoms in total. The highest BCUT2D eigenvalue weighted by atomic mass is 19.4. The molecule has 12 heteroatoms. The van der Waals surface area contributed by atoms with Gasteiger partial charge < -0.3 is 24.4 Å². The van der Waals surface area contributed by atoms with Gasteiger partial charge in [0, 0.05) is 25.9 Å². The van der Waals surface area contributed by atoms with Crippen LogP contribution in [0.2, 0.25) is 0 Å². The van der Waals surface area contributed by atoms with Gasteiger partial charge in [0.15, 0.2) is 5.76 Å². The van der Waals surface area contributed by atoms with Crippen LogP contribution >= 0.6 is 0 Å². The number of piperidine rings is 1. The van der Waals surface area contributed by atoms with Crippen LogP contribution in [0.25, 0.3) is 11.7 Å². The lowest BCUT2D eigenvalue weighted by atomic mass is 9.95. The average molecular weight is 487 g/mol. The van der Waals surface area contributed by atoms with E-state index in [0.29, 0.717) is 31.7 Å². The van der Waals surface area contributed by atoms with Gasteiger partial charge in [0.05, 0.1) is 23.2 Å². The fourth-order valence-corrected chi connectivity index (χ4v) is 3.81. The number of halogens is 3. The Morgan fingerprint density at radius 3 is 2.51 bits per heavy atom. The van der Waals surface area contributed by atoms with Crippen molar-refractivity contribution >= 4 is 29.1 Å². The van der Waals surface area contributed by atoms with Crippen LogP contribution in [0.15, 0.2) is 45.4 Å². The maximum atomic E-state index is 13.2. The number of benzene rings is 1. The molecule has 2 aromatic heterocycles. The molecular weight excluding hydrogens is 467 g/mol. The van der Waals surface area contributed by atoms with Gasteiger partial charge in [-0.25, -0.2) is 0 Å². The summed E-state index contributed by atoms with van der Waals surface area (Å²) < 4.78 is 50.5. The lowest BCUT2D eigenvalue weighted by molar-refractivity contribution is -0.137. The summed E-state index contributed by atoms with van der Waals surface area (Å²) in [7, 11) is 0. The number of amides is 2. The molecule has 0 spiro atoms. The smallest absolute Gasteiger partial charge is 0.416 e. The molecule has 0 unspecified atom stereocenters. The molecule has 182 valence electrons. The maximum absolute atomic E-state index is 13.2. The number of aromatic nitrogens is 1. The minimum Gasteiger partial charge on any atom is -0.459 e. The summed E-state index contributed by atoms with van der Waals surface area (Å²) in [5.74, 6) is -0.644. The molecule has 1 aliphatic heterocycles. The van der Waals surface area contributed by atoms with Gasteiger partial charge in [-0.2, -0.15) is 23.4 Å². The number of rotatable bonds is 5. The highest BCUT2D eigenvalue weighted by Crippen LogP contribution is 2.35.